The van der Waals surface area contributed by atoms with Gasteiger partial charge in [0.1, 0.15) is 29.9 Å². The van der Waals surface area contributed by atoms with E-state index in [0.29, 0.717) is 24.9 Å². The molecule has 5 amide bonds. The molecule has 0 aliphatic rings. The smallest absolute Gasteiger partial charge is 0.326 e. The standard InChI is InChI=1S/C31H49N7O8/c1-5-8-22(36-29(43)23(9-6-7-14-32)35-26(40)17-34-27(41)19(4)33)28(42)37-24(16-20-10-12-21(39)13-11-20)30(44)38-25(31(45)46)15-18(2)3/h5,10-13,18-19,22-25,39H,1,6-9,14-17,32-33H2,2-4H3,(H,34,41)(H,35,40)(H,36,43)(H,37,42)(H,38,44)(H,45,46)/t19-,22-,23-,24-,25-/m0/s1. The van der Waals surface area contributed by atoms with E-state index in [-0.39, 0.29) is 37.4 Å². The van der Waals surface area contributed by atoms with Crippen LogP contribution in [0.15, 0.2) is 36.9 Å². The Morgan fingerprint density at radius 1 is 0.826 bits per heavy atom. The number of rotatable bonds is 21. The SMILES string of the molecule is C=CC[C@H](NC(=O)[C@H](CCCCN)NC(=O)CNC(=O)[C@H](C)N)C(=O)N[C@@H](Cc1ccc(O)cc1)C(=O)N[C@@H](CC(C)C)C(=O)O. The predicted octanol–water partition coefficient (Wildman–Crippen LogP) is -0.827. The Balaban J connectivity index is 3.17. The molecule has 46 heavy (non-hydrogen) atoms. The largest absolute Gasteiger partial charge is 0.508 e. The van der Waals surface area contributed by atoms with Crippen LogP contribution in [-0.2, 0) is 35.2 Å². The zero-order chi connectivity index (χ0) is 34.8. The highest BCUT2D eigenvalue weighted by molar-refractivity contribution is 5.95. The summed E-state index contributed by atoms with van der Waals surface area (Å²) in [6.45, 7) is 8.66. The molecule has 15 nitrogen and oxygen atoms in total. The summed E-state index contributed by atoms with van der Waals surface area (Å²) in [5.74, 6) is -4.66. The molecule has 0 aromatic heterocycles. The monoisotopic (exact) mass is 647 g/mol. The molecule has 0 aliphatic heterocycles. The normalized spacial score (nSPS) is 14.1. The van der Waals surface area contributed by atoms with E-state index in [4.69, 9.17) is 11.5 Å². The Hall–Kier alpha value is -4.50. The molecule has 0 aliphatic carbocycles. The number of hydrogen-bond donors (Lipinski definition) is 9. The van der Waals surface area contributed by atoms with Crippen molar-refractivity contribution in [3.8, 4) is 5.75 Å². The fourth-order valence-corrected chi connectivity index (χ4v) is 4.32. The third kappa shape index (κ3) is 15.0. The molecule has 1 aromatic rings. The topological polar surface area (TPSA) is 255 Å². The summed E-state index contributed by atoms with van der Waals surface area (Å²) in [4.78, 5) is 76.2. The second kappa shape index (κ2) is 20.5. The number of carboxylic acids is 1. The van der Waals surface area contributed by atoms with Crippen LogP contribution in [0.4, 0.5) is 0 Å². The maximum atomic E-state index is 13.5. The highest BCUT2D eigenvalue weighted by Crippen LogP contribution is 2.13. The number of unbranched alkanes of at least 4 members (excludes halogenated alkanes) is 1. The fraction of sp³-hybridized carbons (Fsp3) is 0.548. The van der Waals surface area contributed by atoms with Crippen LogP contribution in [0.5, 0.6) is 5.75 Å². The summed E-state index contributed by atoms with van der Waals surface area (Å²) in [5, 5.41) is 31.9. The molecular formula is C31H49N7O8. The number of aliphatic carboxylic acids is 1. The highest BCUT2D eigenvalue weighted by Gasteiger charge is 2.31. The van der Waals surface area contributed by atoms with E-state index in [9.17, 15) is 39.0 Å². The van der Waals surface area contributed by atoms with Crippen LogP contribution in [0.2, 0.25) is 0 Å². The van der Waals surface area contributed by atoms with Gasteiger partial charge in [0.15, 0.2) is 0 Å². The van der Waals surface area contributed by atoms with Crippen LogP contribution in [0.3, 0.4) is 0 Å². The average Bonchev–Trinajstić information content (AvgIpc) is 2.99. The van der Waals surface area contributed by atoms with Gasteiger partial charge in [-0.25, -0.2) is 4.79 Å². The maximum Gasteiger partial charge on any atom is 0.326 e. The lowest BCUT2D eigenvalue weighted by Gasteiger charge is -2.26. The van der Waals surface area contributed by atoms with Gasteiger partial charge in [-0.15, -0.1) is 6.58 Å². The third-order valence-corrected chi connectivity index (χ3v) is 6.80. The van der Waals surface area contributed by atoms with Crippen LogP contribution in [0.25, 0.3) is 0 Å². The number of carbonyl (C=O) groups excluding carboxylic acids is 5. The summed E-state index contributed by atoms with van der Waals surface area (Å²) in [6.07, 6.45) is 2.71. The van der Waals surface area contributed by atoms with Gasteiger partial charge in [0.2, 0.25) is 29.5 Å². The summed E-state index contributed by atoms with van der Waals surface area (Å²) < 4.78 is 0. The van der Waals surface area contributed by atoms with Crippen LogP contribution in [0, 0.1) is 5.92 Å². The number of carboxylic acid groups (broad SMARTS) is 1. The van der Waals surface area contributed by atoms with Gasteiger partial charge in [-0.05, 0) is 69.2 Å². The van der Waals surface area contributed by atoms with Crippen molar-refractivity contribution in [1.82, 2.24) is 26.6 Å². The summed E-state index contributed by atoms with van der Waals surface area (Å²) in [6, 6.07) is 0.361. The molecule has 0 radical (unpaired) electrons. The van der Waals surface area contributed by atoms with Crippen LogP contribution in [0.1, 0.15) is 58.4 Å². The lowest BCUT2D eigenvalue weighted by molar-refractivity contribution is -0.142. The molecule has 11 N–H and O–H groups in total. The highest BCUT2D eigenvalue weighted by atomic mass is 16.4. The number of phenols is 1. The van der Waals surface area contributed by atoms with E-state index in [0.717, 1.165) is 0 Å². The van der Waals surface area contributed by atoms with Gasteiger partial charge < -0.3 is 48.3 Å². The molecule has 1 aromatic carbocycles. The maximum absolute atomic E-state index is 13.5. The second-order valence-electron chi connectivity index (χ2n) is 11.5. The Bertz CT molecular complexity index is 1190. The molecule has 0 saturated heterocycles. The zero-order valence-electron chi connectivity index (χ0n) is 26.7. The second-order valence-corrected chi connectivity index (χ2v) is 11.5. The molecule has 0 heterocycles. The molecule has 0 fully saturated rings. The first-order valence-corrected chi connectivity index (χ1v) is 15.2. The van der Waals surface area contributed by atoms with Gasteiger partial charge in [-0.1, -0.05) is 32.1 Å². The Labute approximate surface area is 269 Å². The summed E-state index contributed by atoms with van der Waals surface area (Å²) in [5.41, 5.74) is 11.6. The number of nitrogens with two attached hydrogens (primary N) is 2. The Kier molecular flexibility index (Phi) is 17.6. The number of amides is 5. The average molecular weight is 648 g/mol. The first kappa shape index (κ1) is 39.5. The molecule has 0 unspecified atom stereocenters. The molecule has 0 spiro atoms. The van der Waals surface area contributed by atoms with Crippen molar-refractivity contribution in [1.29, 1.82) is 0 Å². The quantitative estimate of drug-likeness (QED) is 0.0591. The molecule has 1 rings (SSSR count). The lowest BCUT2D eigenvalue weighted by atomic mass is 10.0. The first-order chi connectivity index (χ1) is 21.7. The van der Waals surface area contributed by atoms with Crippen molar-refractivity contribution in [2.24, 2.45) is 17.4 Å². The van der Waals surface area contributed by atoms with Crippen molar-refractivity contribution < 1.29 is 39.0 Å². The molecule has 15 heteroatoms. The minimum absolute atomic E-state index is 0.00477. The van der Waals surface area contributed by atoms with E-state index in [2.05, 4.69) is 33.2 Å². The van der Waals surface area contributed by atoms with E-state index in [1.54, 1.807) is 12.1 Å². The first-order valence-electron chi connectivity index (χ1n) is 15.2. The van der Waals surface area contributed by atoms with E-state index < -0.39 is 72.3 Å². The lowest BCUT2D eigenvalue weighted by Crippen LogP contribution is -2.58. The van der Waals surface area contributed by atoms with Crippen molar-refractivity contribution in [3.63, 3.8) is 0 Å². The zero-order valence-corrected chi connectivity index (χ0v) is 26.7. The van der Waals surface area contributed by atoms with E-state index in [1.165, 1.54) is 25.1 Å². The Morgan fingerprint density at radius 2 is 1.39 bits per heavy atom. The fourth-order valence-electron chi connectivity index (χ4n) is 4.32. The molecule has 0 bridgehead atoms. The summed E-state index contributed by atoms with van der Waals surface area (Å²) >= 11 is 0. The van der Waals surface area contributed by atoms with Crippen LogP contribution < -0.4 is 38.1 Å². The molecule has 256 valence electrons. The van der Waals surface area contributed by atoms with Crippen LogP contribution in [-0.4, -0.2) is 89.0 Å². The number of nitrogens with one attached hydrogen (secondary N) is 5. The summed E-state index contributed by atoms with van der Waals surface area (Å²) in [7, 11) is 0. The van der Waals surface area contributed by atoms with Gasteiger partial charge in [0.05, 0.1) is 12.6 Å². The number of hydrogen-bond acceptors (Lipinski definition) is 9. The number of benzene rings is 1. The van der Waals surface area contributed by atoms with Crippen molar-refractivity contribution in [2.45, 2.75) is 89.5 Å². The number of aromatic hydroxyl groups is 1. The van der Waals surface area contributed by atoms with E-state index >= 15 is 0 Å². The van der Waals surface area contributed by atoms with Crippen molar-refractivity contribution in [2.75, 3.05) is 13.1 Å². The van der Waals surface area contributed by atoms with Crippen LogP contribution >= 0.6 is 0 Å². The van der Waals surface area contributed by atoms with Gasteiger partial charge in [-0.2, -0.15) is 0 Å². The minimum atomic E-state index is -1.25. The third-order valence-electron chi connectivity index (χ3n) is 6.80. The van der Waals surface area contributed by atoms with Gasteiger partial charge >= 0.3 is 5.97 Å². The molecule has 0 saturated carbocycles. The van der Waals surface area contributed by atoms with Crippen molar-refractivity contribution >= 4 is 35.5 Å². The predicted molar refractivity (Wildman–Crippen MR) is 171 cm³/mol. The minimum Gasteiger partial charge on any atom is -0.508 e. The van der Waals surface area contributed by atoms with Gasteiger partial charge in [0, 0.05) is 6.42 Å². The number of phenolic OH excluding ortho intramolecular Hbond substituents is 1. The molecule has 5 atom stereocenters. The molecular weight excluding hydrogens is 598 g/mol. The van der Waals surface area contributed by atoms with Crippen molar-refractivity contribution in [3.05, 3.63) is 42.5 Å². The van der Waals surface area contributed by atoms with Gasteiger partial charge in [-0.3, -0.25) is 24.0 Å². The van der Waals surface area contributed by atoms with Gasteiger partial charge in [0.25, 0.3) is 0 Å². The van der Waals surface area contributed by atoms with E-state index in [1.807, 2.05) is 13.8 Å². The Morgan fingerprint density at radius 3 is 1.93 bits per heavy atom. The number of carbonyl (C=O) groups is 6.